The second-order valence-corrected chi connectivity index (χ2v) is 9.86. The van der Waals surface area contributed by atoms with Crippen molar-refractivity contribution >= 4 is 49.6 Å². The number of rotatable bonds is 4. The first kappa shape index (κ1) is 19.7. The zero-order chi connectivity index (χ0) is 20.1. The zero-order valence-electron chi connectivity index (χ0n) is 14.9. The van der Waals surface area contributed by atoms with Gasteiger partial charge in [0.05, 0.1) is 23.8 Å². The van der Waals surface area contributed by atoms with E-state index < -0.39 is 10.0 Å². The topological polar surface area (TPSA) is 94.3 Å². The molecule has 1 N–H and O–H groups in total. The number of thiophene rings is 1. The number of aryl methyl sites for hydroxylation is 2. The Kier molecular flexibility index (Phi) is 5.13. The highest BCUT2D eigenvalue weighted by molar-refractivity contribution is 7.93. The SMILES string of the molecule is Cc1noc(-c2c(NS(=O)(=O)c3cc(C)c(Cl)cc3Cl)sc3c2CCOC3)n1. The maximum Gasteiger partial charge on any atom is 0.264 e. The summed E-state index contributed by atoms with van der Waals surface area (Å²) in [6.07, 6.45) is 0.630. The molecule has 0 amide bonds. The second-order valence-electron chi connectivity index (χ2n) is 6.29. The Labute approximate surface area is 175 Å². The van der Waals surface area contributed by atoms with Crippen LogP contribution in [0.2, 0.25) is 10.0 Å². The third kappa shape index (κ3) is 3.53. The highest BCUT2D eigenvalue weighted by Gasteiger charge is 2.29. The summed E-state index contributed by atoms with van der Waals surface area (Å²) in [5.74, 6) is 0.736. The van der Waals surface area contributed by atoms with Crippen molar-refractivity contribution in [2.45, 2.75) is 31.8 Å². The van der Waals surface area contributed by atoms with Gasteiger partial charge in [-0.05, 0) is 43.5 Å². The number of benzene rings is 1. The van der Waals surface area contributed by atoms with Crippen LogP contribution in [0.25, 0.3) is 11.5 Å². The van der Waals surface area contributed by atoms with E-state index in [0.717, 1.165) is 10.4 Å². The fourth-order valence-corrected chi connectivity index (χ4v) is 6.26. The number of nitrogens with zero attached hydrogens (tertiary/aromatic N) is 2. The highest BCUT2D eigenvalue weighted by atomic mass is 35.5. The van der Waals surface area contributed by atoms with E-state index >= 15 is 0 Å². The van der Waals surface area contributed by atoms with Gasteiger partial charge in [0.2, 0.25) is 0 Å². The molecule has 0 saturated carbocycles. The van der Waals surface area contributed by atoms with Gasteiger partial charge >= 0.3 is 0 Å². The lowest BCUT2D eigenvalue weighted by Crippen LogP contribution is -2.14. The highest BCUT2D eigenvalue weighted by Crippen LogP contribution is 2.43. The van der Waals surface area contributed by atoms with E-state index in [-0.39, 0.29) is 15.8 Å². The average Bonchev–Trinajstić information content (AvgIpc) is 3.20. The summed E-state index contributed by atoms with van der Waals surface area (Å²) >= 11 is 13.5. The number of ether oxygens (including phenoxy) is 1. The lowest BCUT2D eigenvalue weighted by atomic mass is 10.1. The van der Waals surface area contributed by atoms with Crippen molar-refractivity contribution in [1.82, 2.24) is 10.1 Å². The van der Waals surface area contributed by atoms with Crippen molar-refractivity contribution in [1.29, 1.82) is 0 Å². The van der Waals surface area contributed by atoms with E-state index in [1.54, 1.807) is 13.8 Å². The maximum atomic E-state index is 13.1. The number of hydrogen-bond acceptors (Lipinski definition) is 7. The molecule has 0 atom stereocenters. The molecule has 1 aliphatic rings. The lowest BCUT2D eigenvalue weighted by molar-refractivity contribution is 0.113. The molecular weight excluding hydrogens is 445 g/mol. The van der Waals surface area contributed by atoms with Crippen LogP contribution in [-0.4, -0.2) is 25.2 Å². The van der Waals surface area contributed by atoms with E-state index in [0.29, 0.717) is 46.6 Å². The first-order chi connectivity index (χ1) is 13.3. The van der Waals surface area contributed by atoms with Gasteiger partial charge in [-0.15, -0.1) is 11.3 Å². The zero-order valence-corrected chi connectivity index (χ0v) is 18.0. The van der Waals surface area contributed by atoms with Gasteiger partial charge in [0.1, 0.15) is 9.90 Å². The Hall–Kier alpha value is -1.65. The quantitative estimate of drug-likeness (QED) is 0.612. The molecule has 148 valence electrons. The first-order valence-corrected chi connectivity index (χ1v) is 11.3. The fraction of sp³-hybridized carbons (Fsp3) is 0.294. The predicted octanol–water partition coefficient (Wildman–Crippen LogP) is 4.60. The van der Waals surface area contributed by atoms with Crippen molar-refractivity contribution in [2.24, 2.45) is 0 Å². The number of anilines is 1. The van der Waals surface area contributed by atoms with Crippen LogP contribution in [0, 0.1) is 13.8 Å². The van der Waals surface area contributed by atoms with Gasteiger partial charge in [0.25, 0.3) is 15.9 Å². The number of aromatic nitrogens is 2. The number of halogens is 2. The molecular formula is C17H15Cl2N3O4S2. The van der Waals surface area contributed by atoms with Gasteiger partial charge in [-0.1, -0.05) is 28.4 Å². The third-order valence-corrected chi connectivity index (χ3v) is 7.76. The molecule has 28 heavy (non-hydrogen) atoms. The lowest BCUT2D eigenvalue weighted by Gasteiger charge is -2.12. The molecule has 11 heteroatoms. The minimum Gasteiger partial charge on any atom is -0.376 e. The van der Waals surface area contributed by atoms with Crippen molar-refractivity contribution < 1.29 is 17.7 Å². The average molecular weight is 460 g/mol. The maximum absolute atomic E-state index is 13.1. The van der Waals surface area contributed by atoms with Crippen LogP contribution in [0.5, 0.6) is 0 Å². The van der Waals surface area contributed by atoms with Crippen LogP contribution in [-0.2, 0) is 27.8 Å². The molecule has 3 aromatic rings. The molecule has 0 bridgehead atoms. The molecule has 4 rings (SSSR count). The fourth-order valence-electron chi connectivity index (χ4n) is 2.94. The van der Waals surface area contributed by atoms with Crippen molar-refractivity contribution in [2.75, 3.05) is 11.3 Å². The van der Waals surface area contributed by atoms with Gasteiger partial charge in [-0.2, -0.15) is 4.98 Å². The van der Waals surface area contributed by atoms with Crippen LogP contribution in [0.3, 0.4) is 0 Å². The van der Waals surface area contributed by atoms with Crippen molar-refractivity contribution in [3.05, 3.63) is 44.0 Å². The monoisotopic (exact) mass is 459 g/mol. The van der Waals surface area contributed by atoms with E-state index in [9.17, 15) is 8.42 Å². The molecule has 0 aliphatic carbocycles. The van der Waals surface area contributed by atoms with Gasteiger partial charge in [0, 0.05) is 9.90 Å². The Morgan fingerprint density at radius 2 is 2.00 bits per heavy atom. The summed E-state index contributed by atoms with van der Waals surface area (Å²) < 4.78 is 39.6. The van der Waals surface area contributed by atoms with E-state index in [4.69, 9.17) is 32.5 Å². The van der Waals surface area contributed by atoms with Crippen LogP contribution >= 0.6 is 34.5 Å². The van der Waals surface area contributed by atoms with Gasteiger partial charge in [0.15, 0.2) is 5.82 Å². The largest absolute Gasteiger partial charge is 0.376 e. The Morgan fingerprint density at radius 3 is 2.71 bits per heavy atom. The van der Waals surface area contributed by atoms with Crippen LogP contribution in [0.1, 0.15) is 21.8 Å². The Morgan fingerprint density at radius 1 is 1.21 bits per heavy atom. The van der Waals surface area contributed by atoms with E-state index in [1.165, 1.54) is 23.5 Å². The number of sulfonamides is 1. The number of nitrogens with one attached hydrogen (secondary N) is 1. The van der Waals surface area contributed by atoms with Gasteiger partial charge < -0.3 is 9.26 Å². The standard InChI is InChI=1S/C17H15Cl2N3O4S2/c1-8-5-14(12(19)6-11(8)18)28(23,24)22-17-15(16-20-9(2)21-26-16)10-3-4-25-7-13(10)27-17/h5-6,22H,3-4,7H2,1-2H3. The van der Waals surface area contributed by atoms with Gasteiger partial charge in [-0.3, -0.25) is 4.72 Å². The normalized spacial score (nSPS) is 14.1. The summed E-state index contributed by atoms with van der Waals surface area (Å²) in [4.78, 5) is 5.15. The molecule has 3 heterocycles. The van der Waals surface area contributed by atoms with E-state index in [1.807, 2.05) is 0 Å². The van der Waals surface area contributed by atoms with Crippen molar-refractivity contribution in [3.8, 4) is 11.5 Å². The Balaban J connectivity index is 1.82. The molecule has 1 aromatic carbocycles. The molecule has 0 fully saturated rings. The minimum atomic E-state index is -3.97. The molecule has 1 aliphatic heterocycles. The smallest absolute Gasteiger partial charge is 0.264 e. The second kappa shape index (κ2) is 7.31. The number of hydrogen-bond donors (Lipinski definition) is 1. The molecule has 2 aromatic heterocycles. The molecule has 0 unspecified atom stereocenters. The summed E-state index contributed by atoms with van der Waals surface area (Å²) in [7, 11) is -3.97. The Bertz CT molecular complexity index is 1170. The molecule has 0 spiro atoms. The molecule has 0 radical (unpaired) electrons. The summed E-state index contributed by atoms with van der Waals surface area (Å²) in [6.45, 7) is 4.36. The summed E-state index contributed by atoms with van der Waals surface area (Å²) in [6, 6.07) is 2.86. The summed E-state index contributed by atoms with van der Waals surface area (Å²) in [5.41, 5.74) is 2.16. The van der Waals surface area contributed by atoms with Crippen LogP contribution < -0.4 is 4.72 Å². The predicted molar refractivity (Wildman–Crippen MR) is 108 cm³/mol. The summed E-state index contributed by atoms with van der Waals surface area (Å²) in [5, 5.41) is 4.66. The first-order valence-electron chi connectivity index (χ1n) is 8.27. The van der Waals surface area contributed by atoms with Crippen LogP contribution in [0.4, 0.5) is 5.00 Å². The van der Waals surface area contributed by atoms with Crippen molar-refractivity contribution in [3.63, 3.8) is 0 Å². The number of fused-ring (bicyclic) bond motifs is 1. The molecule has 7 nitrogen and oxygen atoms in total. The van der Waals surface area contributed by atoms with Crippen LogP contribution in [0.15, 0.2) is 21.6 Å². The van der Waals surface area contributed by atoms with Gasteiger partial charge in [-0.25, -0.2) is 8.42 Å². The minimum absolute atomic E-state index is 0.0444. The molecule has 0 saturated heterocycles. The van der Waals surface area contributed by atoms with E-state index in [2.05, 4.69) is 14.9 Å². The third-order valence-electron chi connectivity index (χ3n) is 4.29.